The number of hydrogen-bond acceptors (Lipinski definition) is 2. The molecule has 0 heterocycles. The molecular weight excluding hydrogens is 227 g/mol. The first-order valence-corrected chi connectivity index (χ1v) is 6.61. The molecule has 3 heteroatoms. The molecule has 2 nitrogen and oxygen atoms in total. The maximum absolute atomic E-state index is 13.4. The van der Waals surface area contributed by atoms with Crippen molar-refractivity contribution in [3.05, 3.63) is 35.1 Å². The number of hydrogen-bond donors (Lipinski definition) is 1. The molecule has 0 fully saturated rings. The van der Waals surface area contributed by atoms with E-state index in [1.54, 1.807) is 6.07 Å². The predicted octanol–water partition coefficient (Wildman–Crippen LogP) is 3.15. The topological polar surface area (TPSA) is 29.3 Å². The Morgan fingerprint density at radius 1 is 1.17 bits per heavy atom. The molecule has 1 aromatic rings. The van der Waals surface area contributed by atoms with Gasteiger partial charge in [-0.2, -0.15) is 0 Å². The zero-order valence-electron chi connectivity index (χ0n) is 11.9. The van der Waals surface area contributed by atoms with Gasteiger partial charge >= 0.3 is 0 Å². The minimum atomic E-state index is -0.196. The van der Waals surface area contributed by atoms with Gasteiger partial charge in [0, 0.05) is 19.1 Å². The molecule has 0 radical (unpaired) electrons. The number of rotatable bonds is 6. The molecule has 0 aliphatic carbocycles. The van der Waals surface area contributed by atoms with Crippen LogP contribution in [0.25, 0.3) is 0 Å². The van der Waals surface area contributed by atoms with Gasteiger partial charge in [0.05, 0.1) is 0 Å². The van der Waals surface area contributed by atoms with Crippen molar-refractivity contribution in [2.24, 2.45) is 11.7 Å². The molecule has 1 unspecified atom stereocenters. The van der Waals surface area contributed by atoms with Gasteiger partial charge in [-0.15, -0.1) is 0 Å². The summed E-state index contributed by atoms with van der Waals surface area (Å²) in [5.74, 6) is 0.479. The summed E-state index contributed by atoms with van der Waals surface area (Å²) in [5.41, 5.74) is 7.41. The molecule has 0 bridgehead atoms. The summed E-state index contributed by atoms with van der Waals surface area (Å²) in [6.07, 6.45) is 1.15. The molecule has 0 saturated carbocycles. The van der Waals surface area contributed by atoms with Gasteiger partial charge < -0.3 is 5.73 Å². The zero-order chi connectivity index (χ0) is 13.7. The Bertz CT molecular complexity index is 377. The van der Waals surface area contributed by atoms with E-state index in [9.17, 15) is 4.39 Å². The molecule has 102 valence electrons. The number of halogens is 1. The summed E-state index contributed by atoms with van der Waals surface area (Å²) in [6.45, 7) is 7.80. The highest BCUT2D eigenvalue weighted by Gasteiger charge is 2.12. The highest BCUT2D eigenvalue weighted by molar-refractivity contribution is 5.24. The molecule has 1 atom stereocenters. The Morgan fingerprint density at radius 3 is 2.33 bits per heavy atom. The van der Waals surface area contributed by atoms with Crippen LogP contribution in [0.1, 0.15) is 38.3 Å². The average molecular weight is 252 g/mol. The van der Waals surface area contributed by atoms with Crippen molar-refractivity contribution < 1.29 is 4.39 Å². The summed E-state index contributed by atoms with van der Waals surface area (Å²) in [5, 5.41) is 0. The lowest BCUT2D eigenvalue weighted by atomic mass is 10.0. The van der Waals surface area contributed by atoms with Crippen LogP contribution in [0.15, 0.2) is 18.2 Å². The van der Waals surface area contributed by atoms with Crippen molar-refractivity contribution in [3.8, 4) is 0 Å². The fourth-order valence-corrected chi connectivity index (χ4v) is 2.23. The Labute approximate surface area is 110 Å². The van der Waals surface area contributed by atoms with Crippen LogP contribution in [0.3, 0.4) is 0 Å². The number of benzene rings is 1. The van der Waals surface area contributed by atoms with E-state index in [-0.39, 0.29) is 5.82 Å². The van der Waals surface area contributed by atoms with E-state index in [0.29, 0.717) is 18.5 Å². The van der Waals surface area contributed by atoms with Crippen LogP contribution in [-0.2, 0) is 13.1 Å². The molecule has 0 aliphatic rings. The standard InChI is InChI=1S/C15H25FN2/c1-11(2)5-12(3)18(4)10-14-6-13(9-17)7-15(16)8-14/h6-8,11-12H,5,9-10,17H2,1-4H3. The van der Waals surface area contributed by atoms with E-state index in [1.165, 1.54) is 6.07 Å². The highest BCUT2D eigenvalue weighted by atomic mass is 19.1. The summed E-state index contributed by atoms with van der Waals surface area (Å²) < 4.78 is 13.4. The van der Waals surface area contributed by atoms with Crippen molar-refractivity contribution in [1.82, 2.24) is 4.90 Å². The summed E-state index contributed by atoms with van der Waals surface area (Å²) in [7, 11) is 2.08. The maximum atomic E-state index is 13.4. The maximum Gasteiger partial charge on any atom is 0.123 e. The van der Waals surface area contributed by atoms with Gasteiger partial charge in [-0.1, -0.05) is 19.9 Å². The van der Waals surface area contributed by atoms with Crippen LogP contribution >= 0.6 is 0 Å². The molecule has 1 aromatic carbocycles. The van der Waals surface area contributed by atoms with Crippen molar-refractivity contribution in [3.63, 3.8) is 0 Å². The lowest BCUT2D eigenvalue weighted by molar-refractivity contribution is 0.220. The monoisotopic (exact) mass is 252 g/mol. The molecule has 0 spiro atoms. The summed E-state index contributed by atoms with van der Waals surface area (Å²) in [6, 6.07) is 5.58. The summed E-state index contributed by atoms with van der Waals surface area (Å²) in [4.78, 5) is 2.26. The second-order valence-electron chi connectivity index (χ2n) is 5.57. The van der Waals surface area contributed by atoms with Gasteiger partial charge in [0.15, 0.2) is 0 Å². The van der Waals surface area contributed by atoms with Crippen molar-refractivity contribution >= 4 is 0 Å². The van der Waals surface area contributed by atoms with Crippen LogP contribution in [0.5, 0.6) is 0 Å². The minimum Gasteiger partial charge on any atom is -0.326 e. The first-order chi connectivity index (χ1) is 8.42. The van der Waals surface area contributed by atoms with E-state index in [2.05, 4.69) is 32.7 Å². The molecule has 2 N–H and O–H groups in total. The second kappa shape index (κ2) is 6.86. The van der Waals surface area contributed by atoms with Crippen molar-refractivity contribution in [1.29, 1.82) is 0 Å². The predicted molar refractivity (Wildman–Crippen MR) is 74.7 cm³/mol. The zero-order valence-corrected chi connectivity index (χ0v) is 11.9. The third kappa shape index (κ3) is 4.75. The number of nitrogens with two attached hydrogens (primary N) is 1. The quantitative estimate of drug-likeness (QED) is 0.842. The highest BCUT2D eigenvalue weighted by Crippen LogP contribution is 2.15. The van der Waals surface area contributed by atoms with Crippen molar-refractivity contribution in [2.75, 3.05) is 7.05 Å². The van der Waals surface area contributed by atoms with Crippen LogP contribution in [0.4, 0.5) is 4.39 Å². The SMILES string of the molecule is CC(C)CC(C)N(C)Cc1cc(F)cc(CN)c1. The third-order valence-electron chi connectivity index (χ3n) is 3.25. The lowest BCUT2D eigenvalue weighted by Crippen LogP contribution is -2.29. The largest absolute Gasteiger partial charge is 0.326 e. The molecule has 0 aliphatic heterocycles. The van der Waals surface area contributed by atoms with Gasteiger partial charge in [0.1, 0.15) is 5.82 Å². The average Bonchev–Trinajstić information content (AvgIpc) is 2.27. The van der Waals surface area contributed by atoms with Gasteiger partial charge in [-0.3, -0.25) is 4.90 Å². The Morgan fingerprint density at radius 2 is 1.78 bits per heavy atom. The van der Waals surface area contributed by atoms with E-state index in [0.717, 1.165) is 24.1 Å². The molecule has 1 rings (SSSR count). The number of nitrogens with zero attached hydrogens (tertiary/aromatic N) is 1. The van der Waals surface area contributed by atoms with Crippen LogP contribution in [-0.4, -0.2) is 18.0 Å². The fraction of sp³-hybridized carbons (Fsp3) is 0.600. The second-order valence-corrected chi connectivity index (χ2v) is 5.57. The molecule has 18 heavy (non-hydrogen) atoms. The molecule has 0 amide bonds. The van der Waals surface area contributed by atoms with Gasteiger partial charge in [-0.05, 0) is 49.6 Å². The third-order valence-corrected chi connectivity index (χ3v) is 3.25. The summed E-state index contributed by atoms with van der Waals surface area (Å²) >= 11 is 0. The fourth-order valence-electron chi connectivity index (χ4n) is 2.23. The van der Waals surface area contributed by atoms with E-state index in [4.69, 9.17) is 5.73 Å². The molecular formula is C15H25FN2. The lowest BCUT2D eigenvalue weighted by Gasteiger charge is -2.26. The Balaban J connectivity index is 2.68. The van der Waals surface area contributed by atoms with Crippen LogP contribution in [0, 0.1) is 11.7 Å². The normalized spacial score (nSPS) is 13.3. The molecule has 0 saturated heterocycles. The van der Waals surface area contributed by atoms with Crippen molar-refractivity contribution in [2.45, 2.75) is 46.3 Å². The van der Waals surface area contributed by atoms with Gasteiger partial charge in [-0.25, -0.2) is 4.39 Å². The van der Waals surface area contributed by atoms with Gasteiger partial charge in [0.25, 0.3) is 0 Å². The van der Waals surface area contributed by atoms with Crippen LogP contribution < -0.4 is 5.73 Å². The molecule has 0 aromatic heterocycles. The van der Waals surface area contributed by atoms with Gasteiger partial charge in [0.2, 0.25) is 0 Å². The first kappa shape index (κ1) is 15.1. The van der Waals surface area contributed by atoms with E-state index >= 15 is 0 Å². The minimum absolute atomic E-state index is 0.196. The van der Waals surface area contributed by atoms with E-state index in [1.807, 2.05) is 6.07 Å². The van der Waals surface area contributed by atoms with E-state index < -0.39 is 0 Å². The Hall–Kier alpha value is -0.930. The van der Waals surface area contributed by atoms with Crippen LogP contribution in [0.2, 0.25) is 0 Å². The Kier molecular flexibility index (Phi) is 5.76. The first-order valence-electron chi connectivity index (χ1n) is 6.61. The smallest absolute Gasteiger partial charge is 0.123 e.